The smallest absolute Gasteiger partial charge is 0.458 e. The maximum absolute atomic E-state index is 14.5. The molecule has 0 radical (unpaired) electrons. The van der Waals surface area contributed by atoms with Crippen LogP contribution in [0.5, 0.6) is 5.75 Å². The highest BCUT2D eigenvalue weighted by Crippen LogP contribution is 2.28. The van der Waals surface area contributed by atoms with Gasteiger partial charge in [-0.3, -0.25) is 0 Å². The van der Waals surface area contributed by atoms with Crippen LogP contribution < -0.4 is 4.74 Å². The van der Waals surface area contributed by atoms with Crippen LogP contribution in [0.1, 0.15) is 29.4 Å². The zero-order valence-electron chi connectivity index (χ0n) is 16.6. The van der Waals surface area contributed by atoms with Crippen molar-refractivity contribution in [2.75, 3.05) is 13.2 Å². The summed E-state index contributed by atoms with van der Waals surface area (Å²) in [6, 6.07) is 12.6. The van der Waals surface area contributed by atoms with Gasteiger partial charge in [0.15, 0.2) is 6.29 Å². The van der Waals surface area contributed by atoms with Crippen molar-refractivity contribution in [1.29, 1.82) is 0 Å². The maximum Gasteiger partial charge on any atom is 0.458 e. The first-order chi connectivity index (χ1) is 15.3. The summed E-state index contributed by atoms with van der Waals surface area (Å²) in [7, 11) is 0. The minimum absolute atomic E-state index is 0.0536. The molecule has 3 aromatic carbocycles. The Labute approximate surface area is 180 Å². The normalized spacial score (nSPS) is 14.8. The van der Waals surface area contributed by atoms with E-state index in [0.717, 1.165) is 29.5 Å². The summed E-state index contributed by atoms with van der Waals surface area (Å²) in [5.41, 5.74) is 0.837. The topological polar surface area (TPSA) is 27.7 Å². The first-order valence-corrected chi connectivity index (χ1v) is 9.77. The third-order valence-corrected chi connectivity index (χ3v) is 4.81. The van der Waals surface area contributed by atoms with E-state index in [2.05, 4.69) is 0 Å². The van der Waals surface area contributed by atoms with Gasteiger partial charge in [0.25, 0.3) is 0 Å². The monoisotopic (exact) mass is 448 g/mol. The largest absolute Gasteiger partial charge is 0.489 e. The SMILES string of the molecule is Fc1cc2cc(OCc3ccc(C4OCCCO4)cc3)ccc2c(F)c1C#CC(F)(F)F. The fourth-order valence-electron chi connectivity index (χ4n) is 3.26. The van der Waals surface area contributed by atoms with Gasteiger partial charge in [0.05, 0.1) is 18.8 Å². The van der Waals surface area contributed by atoms with Gasteiger partial charge in [0.1, 0.15) is 24.0 Å². The minimum atomic E-state index is -4.85. The van der Waals surface area contributed by atoms with E-state index in [1.807, 2.05) is 24.3 Å². The average Bonchev–Trinajstić information content (AvgIpc) is 2.77. The number of benzene rings is 3. The molecule has 0 bridgehead atoms. The Morgan fingerprint density at radius 2 is 1.69 bits per heavy atom. The average molecular weight is 448 g/mol. The van der Waals surface area contributed by atoms with Crippen molar-refractivity contribution >= 4 is 10.8 Å². The Bertz CT molecular complexity index is 1170. The maximum atomic E-state index is 14.5. The molecule has 0 amide bonds. The molecule has 1 saturated heterocycles. The Hall–Kier alpha value is -3.15. The van der Waals surface area contributed by atoms with Crippen LogP contribution in [0.3, 0.4) is 0 Å². The molecule has 0 N–H and O–H groups in total. The van der Waals surface area contributed by atoms with Gasteiger partial charge in [-0.2, -0.15) is 13.2 Å². The predicted molar refractivity (Wildman–Crippen MR) is 107 cm³/mol. The molecule has 0 unspecified atom stereocenters. The number of hydrogen-bond acceptors (Lipinski definition) is 3. The lowest BCUT2D eigenvalue weighted by molar-refractivity contribution is -0.183. The molecule has 8 heteroatoms. The molecule has 0 spiro atoms. The van der Waals surface area contributed by atoms with E-state index in [9.17, 15) is 22.0 Å². The van der Waals surface area contributed by atoms with E-state index < -0.39 is 23.4 Å². The molecule has 3 aromatic rings. The van der Waals surface area contributed by atoms with Crippen molar-refractivity contribution < 1.29 is 36.2 Å². The molecular weight excluding hydrogens is 431 g/mol. The number of fused-ring (bicyclic) bond motifs is 1. The lowest BCUT2D eigenvalue weighted by Crippen LogP contribution is -2.17. The van der Waals surface area contributed by atoms with Crippen LogP contribution in [0.25, 0.3) is 10.8 Å². The number of halogens is 5. The second-order valence-electron chi connectivity index (χ2n) is 7.14. The summed E-state index contributed by atoms with van der Waals surface area (Å²) < 4.78 is 82.3. The standard InChI is InChI=1S/C24H17F5O3/c25-21-13-17-12-18(6-7-19(17)22(26)20(21)8-9-24(27,28)29)32-14-15-2-4-16(5-3-15)23-30-10-1-11-31-23/h2-7,12-13,23H,1,10-11,14H2. The van der Waals surface area contributed by atoms with Crippen molar-refractivity contribution in [1.82, 2.24) is 0 Å². The van der Waals surface area contributed by atoms with E-state index in [1.165, 1.54) is 24.1 Å². The number of ether oxygens (including phenoxy) is 3. The molecule has 166 valence electrons. The molecule has 0 atom stereocenters. The van der Waals surface area contributed by atoms with E-state index in [0.29, 0.717) is 19.0 Å². The van der Waals surface area contributed by atoms with Crippen LogP contribution in [-0.4, -0.2) is 19.4 Å². The van der Waals surface area contributed by atoms with Crippen molar-refractivity contribution in [3.8, 4) is 17.6 Å². The summed E-state index contributed by atoms with van der Waals surface area (Å²) in [4.78, 5) is 0. The molecule has 3 nitrogen and oxygen atoms in total. The third kappa shape index (κ3) is 5.18. The summed E-state index contributed by atoms with van der Waals surface area (Å²) in [5, 5.41) is 0.0964. The molecule has 1 aliphatic rings. The molecule has 1 heterocycles. The van der Waals surface area contributed by atoms with Crippen LogP contribution in [0, 0.1) is 23.5 Å². The van der Waals surface area contributed by atoms with Crippen molar-refractivity contribution in [2.24, 2.45) is 0 Å². The highest BCUT2D eigenvalue weighted by molar-refractivity contribution is 5.86. The Morgan fingerprint density at radius 1 is 0.969 bits per heavy atom. The number of alkyl halides is 3. The molecule has 0 aliphatic carbocycles. The van der Waals surface area contributed by atoms with Crippen LogP contribution in [0.2, 0.25) is 0 Å². The lowest BCUT2D eigenvalue weighted by atomic mass is 10.0. The highest BCUT2D eigenvalue weighted by atomic mass is 19.4. The van der Waals surface area contributed by atoms with Crippen molar-refractivity contribution in [3.63, 3.8) is 0 Å². The van der Waals surface area contributed by atoms with Crippen LogP contribution >= 0.6 is 0 Å². The van der Waals surface area contributed by atoms with Gasteiger partial charge in [-0.25, -0.2) is 8.78 Å². The zero-order chi connectivity index (χ0) is 22.7. The van der Waals surface area contributed by atoms with Gasteiger partial charge in [0, 0.05) is 16.9 Å². The summed E-state index contributed by atoms with van der Waals surface area (Å²) in [6.45, 7) is 1.50. The highest BCUT2D eigenvalue weighted by Gasteiger charge is 2.24. The van der Waals surface area contributed by atoms with Crippen molar-refractivity contribution in [2.45, 2.75) is 25.5 Å². The van der Waals surface area contributed by atoms with Gasteiger partial charge in [-0.1, -0.05) is 30.2 Å². The molecule has 0 aromatic heterocycles. The zero-order valence-corrected chi connectivity index (χ0v) is 16.6. The van der Waals surface area contributed by atoms with Gasteiger partial charge >= 0.3 is 6.18 Å². The summed E-state index contributed by atoms with van der Waals surface area (Å²) in [5.74, 6) is 0.451. The molecule has 32 heavy (non-hydrogen) atoms. The van der Waals surface area contributed by atoms with E-state index in [1.54, 1.807) is 0 Å². The quantitative estimate of drug-likeness (QED) is 0.360. The second kappa shape index (κ2) is 9.15. The van der Waals surface area contributed by atoms with Gasteiger partial charge in [0.2, 0.25) is 0 Å². The fourth-order valence-corrected chi connectivity index (χ4v) is 3.26. The van der Waals surface area contributed by atoms with Gasteiger partial charge in [-0.05, 0) is 41.6 Å². The molecule has 1 aliphatic heterocycles. The Balaban J connectivity index is 1.48. The molecular formula is C24H17F5O3. The third-order valence-electron chi connectivity index (χ3n) is 4.81. The molecule has 0 saturated carbocycles. The first-order valence-electron chi connectivity index (χ1n) is 9.77. The fraction of sp³-hybridized carbons (Fsp3) is 0.250. The summed E-state index contributed by atoms with van der Waals surface area (Å²) in [6.07, 6.45) is -4.36. The van der Waals surface area contributed by atoms with Gasteiger partial charge in [-0.15, -0.1) is 0 Å². The molecule has 4 rings (SSSR count). The lowest BCUT2D eigenvalue weighted by Gasteiger charge is -2.23. The Morgan fingerprint density at radius 3 is 2.38 bits per heavy atom. The number of hydrogen-bond donors (Lipinski definition) is 0. The van der Waals surface area contributed by atoms with Crippen molar-refractivity contribution in [3.05, 3.63) is 76.9 Å². The number of rotatable bonds is 4. The summed E-state index contributed by atoms with van der Waals surface area (Å²) >= 11 is 0. The second-order valence-corrected chi connectivity index (χ2v) is 7.14. The van der Waals surface area contributed by atoms with E-state index >= 15 is 0 Å². The Kier molecular flexibility index (Phi) is 6.31. The van der Waals surface area contributed by atoms with Crippen LogP contribution in [-0.2, 0) is 16.1 Å². The minimum Gasteiger partial charge on any atom is -0.489 e. The predicted octanol–water partition coefficient (Wildman–Crippen LogP) is 6.05. The molecule has 1 fully saturated rings. The van der Waals surface area contributed by atoms with E-state index in [-0.39, 0.29) is 23.7 Å². The van der Waals surface area contributed by atoms with Gasteiger partial charge < -0.3 is 14.2 Å². The van der Waals surface area contributed by atoms with Crippen LogP contribution in [0.15, 0.2) is 48.5 Å². The van der Waals surface area contributed by atoms with E-state index in [4.69, 9.17) is 14.2 Å². The first kappa shape index (κ1) is 22.1. The van der Waals surface area contributed by atoms with Crippen LogP contribution in [0.4, 0.5) is 22.0 Å².